The Kier molecular flexibility index (Phi) is 6.38. The molecule has 1 aromatic heterocycles. The summed E-state index contributed by atoms with van der Waals surface area (Å²) in [6, 6.07) is 19.4. The molecule has 4 rings (SSSR count). The summed E-state index contributed by atoms with van der Waals surface area (Å²) in [5, 5.41) is 13.7. The third kappa shape index (κ3) is 4.56. The number of hydrogen-bond donors (Lipinski definition) is 1. The van der Waals surface area contributed by atoms with Gasteiger partial charge in [-0.05, 0) is 46.3 Å². The van der Waals surface area contributed by atoms with Gasteiger partial charge in [-0.3, -0.25) is 4.79 Å². The molecule has 0 amide bonds. The van der Waals surface area contributed by atoms with Crippen molar-refractivity contribution in [2.75, 3.05) is 7.11 Å². The number of rotatable bonds is 6. The molecule has 0 radical (unpaired) electrons. The average molecular weight is 505 g/mol. The lowest BCUT2D eigenvalue weighted by Gasteiger charge is -2.13. The number of ether oxygens (including phenoxy) is 2. The molecule has 0 bridgehead atoms. The Labute approximate surface area is 196 Å². The molecule has 0 unspecified atom stereocenters. The van der Waals surface area contributed by atoms with E-state index in [1.54, 1.807) is 48.5 Å². The van der Waals surface area contributed by atoms with Crippen molar-refractivity contribution in [2.45, 2.75) is 6.61 Å². The highest BCUT2D eigenvalue weighted by molar-refractivity contribution is 9.10. The number of nitriles is 1. The maximum absolute atomic E-state index is 12.7. The predicted octanol–water partition coefficient (Wildman–Crippen LogP) is 3.79. The maximum Gasteiger partial charge on any atom is 0.349 e. The molecule has 0 saturated heterocycles. The molecule has 0 fully saturated rings. The number of halogens is 1. The molecular weight excluding hydrogens is 488 g/mol. The molecule has 0 aliphatic carbocycles. The van der Waals surface area contributed by atoms with Crippen LogP contribution in [-0.4, -0.2) is 23.0 Å². The number of aromatic amines is 1. The zero-order valence-electron chi connectivity index (χ0n) is 17.4. The van der Waals surface area contributed by atoms with Crippen LogP contribution in [-0.2, 0) is 6.61 Å². The first-order chi connectivity index (χ1) is 16.0. The lowest BCUT2D eigenvalue weighted by Crippen LogP contribution is -2.32. The van der Waals surface area contributed by atoms with Crippen LogP contribution < -0.4 is 20.7 Å². The SMILES string of the molecule is COc1cc(C=Nn2c(=O)[nH]c3ccccc3c2=O)c(Br)cc1OCc1ccccc1C#N. The molecule has 0 atom stereocenters. The van der Waals surface area contributed by atoms with Gasteiger partial charge in [0, 0.05) is 15.6 Å². The summed E-state index contributed by atoms with van der Waals surface area (Å²) in [4.78, 5) is 27.6. The first-order valence-electron chi connectivity index (χ1n) is 9.78. The Hall–Kier alpha value is -4.16. The van der Waals surface area contributed by atoms with Crippen molar-refractivity contribution >= 4 is 33.0 Å². The molecule has 0 saturated carbocycles. The number of methoxy groups -OCH3 is 1. The van der Waals surface area contributed by atoms with Crippen LogP contribution >= 0.6 is 15.9 Å². The molecule has 33 heavy (non-hydrogen) atoms. The monoisotopic (exact) mass is 504 g/mol. The van der Waals surface area contributed by atoms with Gasteiger partial charge in [0.1, 0.15) is 6.61 Å². The van der Waals surface area contributed by atoms with Gasteiger partial charge in [0.25, 0.3) is 5.56 Å². The lowest BCUT2D eigenvalue weighted by atomic mass is 10.1. The molecule has 0 spiro atoms. The normalized spacial score (nSPS) is 10.9. The molecule has 164 valence electrons. The first kappa shape index (κ1) is 22.0. The van der Waals surface area contributed by atoms with Gasteiger partial charge < -0.3 is 14.5 Å². The van der Waals surface area contributed by atoms with Gasteiger partial charge in [0.15, 0.2) is 11.5 Å². The second-order valence-electron chi connectivity index (χ2n) is 6.92. The summed E-state index contributed by atoms with van der Waals surface area (Å²) < 4.78 is 12.7. The van der Waals surface area contributed by atoms with E-state index in [4.69, 9.17) is 9.47 Å². The highest BCUT2D eigenvalue weighted by Crippen LogP contribution is 2.33. The molecule has 1 heterocycles. The third-order valence-electron chi connectivity index (χ3n) is 4.90. The second-order valence-corrected chi connectivity index (χ2v) is 7.77. The van der Waals surface area contributed by atoms with E-state index in [1.165, 1.54) is 13.3 Å². The van der Waals surface area contributed by atoms with Crippen molar-refractivity contribution in [1.29, 1.82) is 5.26 Å². The van der Waals surface area contributed by atoms with E-state index in [2.05, 4.69) is 32.1 Å². The summed E-state index contributed by atoms with van der Waals surface area (Å²) in [5.41, 5.74) is 1.13. The minimum Gasteiger partial charge on any atom is -0.493 e. The van der Waals surface area contributed by atoms with Gasteiger partial charge in [0.05, 0.1) is 35.9 Å². The number of H-pyrrole nitrogens is 1. The largest absolute Gasteiger partial charge is 0.493 e. The van der Waals surface area contributed by atoms with Crippen LogP contribution in [0.2, 0.25) is 0 Å². The zero-order chi connectivity index (χ0) is 23.4. The van der Waals surface area contributed by atoms with Crippen molar-refractivity contribution in [1.82, 2.24) is 9.66 Å². The van der Waals surface area contributed by atoms with Crippen molar-refractivity contribution in [3.8, 4) is 17.6 Å². The second kappa shape index (κ2) is 9.54. The van der Waals surface area contributed by atoms with Gasteiger partial charge in [-0.25, -0.2) is 4.79 Å². The Bertz CT molecular complexity index is 1530. The van der Waals surface area contributed by atoms with E-state index >= 15 is 0 Å². The predicted molar refractivity (Wildman–Crippen MR) is 128 cm³/mol. The summed E-state index contributed by atoms with van der Waals surface area (Å²) in [7, 11) is 1.50. The Morgan fingerprint density at radius 1 is 1.12 bits per heavy atom. The van der Waals surface area contributed by atoms with Gasteiger partial charge in [-0.15, -0.1) is 4.68 Å². The van der Waals surface area contributed by atoms with Gasteiger partial charge in [-0.2, -0.15) is 10.4 Å². The molecule has 4 aromatic rings. The fraction of sp³-hybridized carbons (Fsp3) is 0.0833. The third-order valence-corrected chi connectivity index (χ3v) is 5.59. The number of nitrogens with one attached hydrogen (secondary N) is 1. The van der Waals surface area contributed by atoms with E-state index in [1.807, 2.05) is 12.1 Å². The van der Waals surface area contributed by atoms with Crippen LogP contribution in [0.4, 0.5) is 0 Å². The lowest BCUT2D eigenvalue weighted by molar-refractivity contribution is 0.284. The van der Waals surface area contributed by atoms with Gasteiger partial charge in [-0.1, -0.05) is 30.3 Å². The highest BCUT2D eigenvalue weighted by atomic mass is 79.9. The molecular formula is C24H17BrN4O4. The minimum atomic E-state index is -0.644. The number of para-hydroxylation sites is 1. The van der Waals surface area contributed by atoms with Crippen LogP contribution in [0.3, 0.4) is 0 Å². The van der Waals surface area contributed by atoms with E-state index < -0.39 is 11.2 Å². The van der Waals surface area contributed by atoms with Crippen LogP contribution in [0.25, 0.3) is 10.9 Å². The number of hydrogen-bond acceptors (Lipinski definition) is 6. The van der Waals surface area contributed by atoms with Crippen molar-refractivity contribution in [3.05, 3.63) is 103 Å². The maximum atomic E-state index is 12.7. The number of fused-ring (bicyclic) bond motifs is 1. The Morgan fingerprint density at radius 2 is 1.88 bits per heavy atom. The van der Waals surface area contributed by atoms with E-state index in [-0.39, 0.29) is 6.61 Å². The summed E-state index contributed by atoms with van der Waals surface area (Å²) in [6.45, 7) is 0.182. The standard InChI is InChI=1S/C24H17BrN4O4/c1-32-21-10-17(13-27-29-23(30)18-8-4-5-9-20(18)28-24(29)31)19(25)11-22(21)33-14-16-7-3-2-6-15(16)12-26/h2-11,13H,14H2,1H3,(H,28,31). The first-order valence-corrected chi connectivity index (χ1v) is 10.6. The number of benzene rings is 3. The molecule has 0 aliphatic rings. The Balaban J connectivity index is 1.64. The highest BCUT2D eigenvalue weighted by Gasteiger charge is 2.12. The van der Waals surface area contributed by atoms with Crippen molar-refractivity contribution in [2.24, 2.45) is 5.10 Å². The summed E-state index contributed by atoms with van der Waals surface area (Å²) in [6.07, 6.45) is 1.38. The molecule has 8 nitrogen and oxygen atoms in total. The fourth-order valence-electron chi connectivity index (χ4n) is 3.21. The molecule has 9 heteroatoms. The van der Waals surface area contributed by atoms with Crippen LogP contribution in [0, 0.1) is 11.3 Å². The van der Waals surface area contributed by atoms with Crippen LogP contribution in [0.15, 0.2) is 79.8 Å². The van der Waals surface area contributed by atoms with Crippen molar-refractivity contribution in [3.63, 3.8) is 0 Å². The van der Waals surface area contributed by atoms with Crippen LogP contribution in [0.1, 0.15) is 16.7 Å². The van der Waals surface area contributed by atoms with Crippen molar-refractivity contribution < 1.29 is 9.47 Å². The number of aromatic nitrogens is 2. The fourth-order valence-corrected chi connectivity index (χ4v) is 3.64. The molecule has 1 N–H and O–H groups in total. The van der Waals surface area contributed by atoms with E-state index in [9.17, 15) is 14.9 Å². The zero-order valence-corrected chi connectivity index (χ0v) is 19.0. The number of nitrogens with zero attached hydrogens (tertiary/aromatic N) is 3. The van der Waals surface area contributed by atoms with Gasteiger partial charge in [0.2, 0.25) is 0 Å². The van der Waals surface area contributed by atoms with Crippen LogP contribution in [0.5, 0.6) is 11.5 Å². The average Bonchev–Trinajstić information content (AvgIpc) is 2.83. The summed E-state index contributed by atoms with van der Waals surface area (Å²) in [5.74, 6) is 0.879. The van der Waals surface area contributed by atoms with E-state index in [0.717, 1.165) is 10.2 Å². The quantitative estimate of drug-likeness (QED) is 0.401. The van der Waals surface area contributed by atoms with Gasteiger partial charge >= 0.3 is 5.69 Å². The summed E-state index contributed by atoms with van der Waals surface area (Å²) >= 11 is 3.46. The Morgan fingerprint density at radius 3 is 2.67 bits per heavy atom. The smallest absolute Gasteiger partial charge is 0.349 e. The molecule has 3 aromatic carbocycles. The minimum absolute atomic E-state index is 0.182. The van der Waals surface area contributed by atoms with E-state index in [0.29, 0.717) is 38.0 Å². The topological polar surface area (TPSA) is 109 Å². The molecule has 0 aliphatic heterocycles.